The van der Waals surface area contributed by atoms with Gasteiger partial charge in [0.15, 0.2) is 16.3 Å². The first-order valence-electron chi connectivity index (χ1n) is 10.3. The van der Waals surface area contributed by atoms with Crippen LogP contribution in [0.5, 0.6) is 11.5 Å². The highest BCUT2D eigenvalue weighted by atomic mass is 35.5. The number of rotatable bonds is 10. The van der Waals surface area contributed by atoms with Crippen LogP contribution in [0.25, 0.3) is 10.2 Å². The minimum absolute atomic E-state index is 0.0537. The summed E-state index contributed by atoms with van der Waals surface area (Å²) in [4.78, 5) is 30.6. The molecule has 0 atom stereocenters. The molecule has 33 heavy (non-hydrogen) atoms. The zero-order valence-corrected chi connectivity index (χ0v) is 21.0. The number of thiazole rings is 1. The van der Waals surface area contributed by atoms with Gasteiger partial charge in [0.05, 0.1) is 31.0 Å². The highest BCUT2D eigenvalue weighted by Crippen LogP contribution is 2.33. The molecule has 0 saturated heterocycles. The summed E-state index contributed by atoms with van der Waals surface area (Å²) in [5.74, 6) is 1.23. The second-order valence-corrected chi connectivity index (χ2v) is 9.48. The van der Waals surface area contributed by atoms with Crippen LogP contribution in [0.4, 0.5) is 0 Å². The minimum Gasteiger partial charge on any atom is -0.493 e. The lowest BCUT2D eigenvalue weighted by molar-refractivity contribution is -0.143. The maximum absolute atomic E-state index is 12.6. The summed E-state index contributed by atoms with van der Waals surface area (Å²) >= 11 is 8.88. The Labute approximate surface area is 205 Å². The van der Waals surface area contributed by atoms with Crippen LogP contribution in [0, 0.1) is 0 Å². The number of benzene rings is 2. The molecule has 10 heteroatoms. The number of ether oxygens (including phenoxy) is 3. The molecular weight excluding hydrogens is 484 g/mol. The Morgan fingerprint density at radius 1 is 1.12 bits per heavy atom. The molecule has 0 aliphatic carbocycles. The van der Waals surface area contributed by atoms with E-state index >= 15 is 0 Å². The average molecular weight is 509 g/mol. The Morgan fingerprint density at radius 2 is 1.82 bits per heavy atom. The third-order valence-electron chi connectivity index (χ3n) is 4.62. The second-order valence-electron chi connectivity index (χ2n) is 6.86. The van der Waals surface area contributed by atoms with Crippen molar-refractivity contribution in [1.82, 2.24) is 4.57 Å². The van der Waals surface area contributed by atoms with Gasteiger partial charge < -0.3 is 18.8 Å². The van der Waals surface area contributed by atoms with E-state index in [1.165, 1.54) is 11.3 Å². The zero-order valence-electron chi connectivity index (χ0n) is 18.6. The van der Waals surface area contributed by atoms with E-state index in [1.807, 2.05) is 30.3 Å². The van der Waals surface area contributed by atoms with E-state index in [0.29, 0.717) is 34.2 Å². The molecule has 0 saturated carbocycles. The summed E-state index contributed by atoms with van der Waals surface area (Å²) < 4.78 is 18.4. The topological polar surface area (TPSA) is 79.1 Å². The third kappa shape index (κ3) is 6.75. The molecule has 0 unspecified atom stereocenters. The molecule has 3 aromatic rings. The third-order valence-corrected chi connectivity index (χ3v) is 7.01. The summed E-state index contributed by atoms with van der Waals surface area (Å²) in [5.41, 5.74) is 0.718. The molecule has 0 aliphatic heterocycles. The van der Waals surface area contributed by atoms with Gasteiger partial charge in [-0.1, -0.05) is 22.9 Å². The lowest BCUT2D eigenvalue weighted by Crippen LogP contribution is -2.23. The first-order valence-corrected chi connectivity index (χ1v) is 12.5. The Bertz CT molecular complexity index is 1190. The van der Waals surface area contributed by atoms with Crippen LogP contribution in [0.3, 0.4) is 0 Å². The number of halogens is 1. The van der Waals surface area contributed by atoms with Crippen molar-refractivity contribution in [2.45, 2.75) is 31.2 Å². The van der Waals surface area contributed by atoms with Gasteiger partial charge in [-0.3, -0.25) is 9.59 Å². The number of hydrogen-bond acceptors (Lipinski definition) is 7. The number of amides is 1. The molecule has 0 N–H and O–H groups in total. The fourth-order valence-electron chi connectivity index (χ4n) is 3.08. The molecule has 0 spiro atoms. The van der Waals surface area contributed by atoms with Crippen molar-refractivity contribution in [2.75, 3.05) is 26.6 Å². The first-order chi connectivity index (χ1) is 15.9. The van der Waals surface area contributed by atoms with Crippen molar-refractivity contribution in [2.24, 2.45) is 4.99 Å². The molecule has 2 aromatic carbocycles. The first kappa shape index (κ1) is 25.1. The van der Waals surface area contributed by atoms with Crippen molar-refractivity contribution >= 4 is 56.8 Å². The Hall–Kier alpha value is -2.49. The maximum atomic E-state index is 12.6. The monoisotopic (exact) mass is 508 g/mol. The quantitative estimate of drug-likeness (QED) is 0.219. The van der Waals surface area contributed by atoms with Crippen LogP contribution in [-0.2, 0) is 20.9 Å². The summed E-state index contributed by atoms with van der Waals surface area (Å²) in [6, 6.07) is 11.2. The lowest BCUT2D eigenvalue weighted by Gasteiger charge is -2.09. The van der Waals surface area contributed by atoms with E-state index in [9.17, 15) is 9.59 Å². The minimum atomic E-state index is -0.403. The van der Waals surface area contributed by atoms with E-state index in [2.05, 4.69) is 4.99 Å². The van der Waals surface area contributed by atoms with E-state index in [4.69, 9.17) is 25.8 Å². The van der Waals surface area contributed by atoms with Gasteiger partial charge >= 0.3 is 5.97 Å². The Balaban J connectivity index is 1.80. The number of esters is 1. The fourth-order valence-corrected chi connectivity index (χ4v) is 5.11. The van der Waals surface area contributed by atoms with Gasteiger partial charge in [-0.05, 0) is 43.4 Å². The highest BCUT2D eigenvalue weighted by molar-refractivity contribution is 7.99. The SMILES string of the molecule is CCOC(=O)Cn1c(=NC(=O)CCCSc2ccc(Cl)cc2)sc2cc(OC)c(OC)cc21. The summed E-state index contributed by atoms with van der Waals surface area (Å²) in [5, 5.41) is 0.697. The van der Waals surface area contributed by atoms with Crippen LogP contribution in [0.1, 0.15) is 19.8 Å². The predicted octanol–water partition coefficient (Wildman–Crippen LogP) is 4.94. The number of aromatic nitrogens is 1. The van der Waals surface area contributed by atoms with Gasteiger partial charge in [-0.15, -0.1) is 11.8 Å². The highest BCUT2D eigenvalue weighted by Gasteiger charge is 2.16. The number of hydrogen-bond donors (Lipinski definition) is 0. The van der Waals surface area contributed by atoms with Gasteiger partial charge in [-0.2, -0.15) is 4.99 Å². The molecule has 176 valence electrons. The van der Waals surface area contributed by atoms with Gasteiger partial charge in [0.1, 0.15) is 6.54 Å². The molecule has 1 aromatic heterocycles. The number of thioether (sulfide) groups is 1. The van der Waals surface area contributed by atoms with Crippen molar-refractivity contribution in [1.29, 1.82) is 0 Å². The van der Waals surface area contributed by atoms with E-state index in [-0.39, 0.29) is 19.1 Å². The summed E-state index contributed by atoms with van der Waals surface area (Å²) in [6.45, 7) is 1.97. The summed E-state index contributed by atoms with van der Waals surface area (Å²) in [7, 11) is 3.10. The number of carbonyl (C=O) groups is 2. The van der Waals surface area contributed by atoms with Crippen LogP contribution in [-0.4, -0.2) is 43.0 Å². The molecule has 1 heterocycles. The molecule has 1 amide bonds. The molecule has 3 rings (SSSR count). The van der Waals surface area contributed by atoms with E-state index in [1.54, 1.807) is 43.5 Å². The molecule has 0 aliphatic rings. The smallest absolute Gasteiger partial charge is 0.326 e. The van der Waals surface area contributed by atoms with E-state index < -0.39 is 5.97 Å². The standard InChI is InChI=1S/C23H25ClN2O5S2/c1-4-31-22(28)14-26-17-12-18(29-2)19(30-3)13-20(17)33-23(26)25-21(27)6-5-11-32-16-9-7-15(24)8-10-16/h7-10,12-13H,4-6,11,14H2,1-3H3. The normalized spacial score (nSPS) is 11.6. The Kier molecular flexibility index (Phi) is 9.22. The predicted molar refractivity (Wildman–Crippen MR) is 132 cm³/mol. The fraction of sp³-hybridized carbons (Fsp3) is 0.348. The molecule has 0 radical (unpaired) electrons. The Morgan fingerprint density at radius 3 is 2.48 bits per heavy atom. The summed E-state index contributed by atoms with van der Waals surface area (Å²) in [6.07, 6.45) is 0.987. The second kappa shape index (κ2) is 12.1. The van der Waals surface area contributed by atoms with Gasteiger partial charge in [0, 0.05) is 28.5 Å². The molecule has 7 nitrogen and oxygen atoms in total. The van der Waals surface area contributed by atoms with Gasteiger partial charge in [-0.25, -0.2) is 0 Å². The zero-order chi connectivity index (χ0) is 23.8. The van der Waals surface area contributed by atoms with Crippen molar-refractivity contribution in [3.63, 3.8) is 0 Å². The largest absolute Gasteiger partial charge is 0.493 e. The van der Waals surface area contributed by atoms with Crippen LogP contribution in [0.15, 0.2) is 46.3 Å². The van der Waals surface area contributed by atoms with Gasteiger partial charge in [0.2, 0.25) is 5.91 Å². The maximum Gasteiger partial charge on any atom is 0.326 e. The van der Waals surface area contributed by atoms with E-state index in [0.717, 1.165) is 20.9 Å². The average Bonchev–Trinajstić information content (AvgIpc) is 3.12. The number of methoxy groups -OCH3 is 2. The van der Waals surface area contributed by atoms with Crippen molar-refractivity contribution in [3.8, 4) is 11.5 Å². The number of carbonyl (C=O) groups excluding carboxylic acids is 2. The molecule has 0 fully saturated rings. The van der Waals surface area contributed by atoms with Crippen LogP contribution in [0.2, 0.25) is 5.02 Å². The van der Waals surface area contributed by atoms with Crippen LogP contribution < -0.4 is 14.3 Å². The van der Waals surface area contributed by atoms with Crippen molar-refractivity contribution < 1.29 is 23.8 Å². The van der Waals surface area contributed by atoms with Crippen LogP contribution >= 0.6 is 34.7 Å². The molecule has 0 bridgehead atoms. The lowest BCUT2D eigenvalue weighted by atomic mass is 10.3. The number of nitrogens with zero attached hydrogens (tertiary/aromatic N) is 2. The number of fused-ring (bicyclic) bond motifs is 1. The van der Waals surface area contributed by atoms with Crippen molar-refractivity contribution in [3.05, 3.63) is 46.2 Å². The molecular formula is C23H25ClN2O5S2. The van der Waals surface area contributed by atoms with Gasteiger partial charge in [0.25, 0.3) is 0 Å².